The summed E-state index contributed by atoms with van der Waals surface area (Å²) >= 11 is 0. The topological polar surface area (TPSA) is 77.9 Å². The summed E-state index contributed by atoms with van der Waals surface area (Å²) in [5.74, 6) is 0.576. The van der Waals surface area contributed by atoms with Gasteiger partial charge in [-0.1, -0.05) is 6.07 Å². The van der Waals surface area contributed by atoms with Crippen molar-refractivity contribution in [3.8, 4) is 11.5 Å². The summed E-state index contributed by atoms with van der Waals surface area (Å²) in [4.78, 5) is 14.5. The maximum atomic E-state index is 13.9. The molecular formula is C20H23F3N4O4. The van der Waals surface area contributed by atoms with E-state index in [2.05, 4.69) is 10.4 Å². The Labute approximate surface area is 176 Å². The highest BCUT2D eigenvalue weighted by Gasteiger charge is 2.47. The lowest BCUT2D eigenvalue weighted by Gasteiger charge is -2.34. The number of rotatable bonds is 4. The number of carbonyl (C=O) groups excluding carboxylic acids is 1. The molecule has 2 aliphatic rings. The number of morpholine rings is 1. The maximum absolute atomic E-state index is 13.9. The molecule has 2 aromatic rings. The average Bonchev–Trinajstić information content (AvgIpc) is 3.21. The molecule has 168 valence electrons. The van der Waals surface area contributed by atoms with E-state index >= 15 is 0 Å². The van der Waals surface area contributed by atoms with E-state index in [4.69, 9.17) is 14.2 Å². The van der Waals surface area contributed by atoms with E-state index in [9.17, 15) is 18.0 Å². The van der Waals surface area contributed by atoms with Gasteiger partial charge < -0.3 is 24.4 Å². The predicted octanol–water partition coefficient (Wildman–Crippen LogP) is 3.03. The van der Waals surface area contributed by atoms with Gasteiger partial charge in [0, 0.05) is 19.5 Å². The highest BCUT2D eigenvalue weighted by molar-refractivity contribution is 5.99. The minimum absolute atomic E-state index is 0.0600. The van der Waals surface area contributed by atoms with Crippen LogP contribution in [0.15, 0.2) is 24.4 Å². The fourth-order valence-electron chi connectivity index (χ4n) is 3.94. The minimum atomic E-state index is -4.53. The zero-order valence-corrected chi connectivity index (χ0v) is 17.1. The van der Waals surface area contributed by atoms with E-state index < -0.39 is 18.3 Å². The molecule has 0 saturated carbocycles. The van der Waals surface area contributed by atoms with E-state index in [-0.39, 0.29) is 23.7 Å². The summed E-state index contributed by atoms with van der Waals surface area (Å²) in [5, 5.41) is 7.02. The molecular weight excluding hydrogens is 417 g/mol. The number of aromatic nitrogens is 2. The van der Waals surface area contributed by atoms with Gasteiger partial charge >= 0.3 is 6.18 Å². The summed E-state index contributed by atoms with van der Waals surface area (Å²) in [5.41, 5.74) is 0.699. The van der Waals surface area contributed by atoms with Gasteiger partial charge in [-0.25, -0.2) is 4.68 Å². The Morgan fingerprint density at radius 1 is 1.19 bits per heavy atom. The van der Waals surface area contributed by atoms with E-state index in [1.54, 1.807) is 23.1 Å². The monoisotopic (exact) mass is 440 g/mol. The Morgan fingerprint density at radius 2 is 1.90 bits per heavy atom. The van der Waals surface area contributed by atoms with E-state index in [1.807, 2.05) is 0 Å². The number of alkyl halides is 3. The molecule has 0 radical (unpaired) electrons. The summed E-state index contributed by atoms with van der Waals surface area (Å²) < 4.78 is 58.3. The van der Waals surface area contributed by atoms with Crippen molar-refractivity contribution in [1.82, 2.24) is 14.7 Å². The molecule has 1 saturated heterocycles. The zero-order valence-electron chi connectivity index (χ0n) is 17.1. The van der Waals surface area contributed by atoms with Gasteiger partial charge in [-0.2, -0.15) is 18.3 Å². The van der Waals surface area contributed by atoms with Gasteiger partial charge in [0.1, 0.15) is 11.4 Å². The number of amides is 1. The lowest BCUT2D eigenvalue weighted by atomic mass is 9.96. The van der Waals surface area contributed by atoms with Crippen molar-refractivity contribution >= 4 is 11.7 Å². The number of nitrogens with one attached hydrogen (secondary N) is 1. The number of hydrogen-bond donors (Lipinski definition) is 1. The molecule has 11 heteroatoms. The predicted molar refractivity (Wildman–Crippen MR) is 105 cm³/mol. The third-order valence-corrected chi connectivity index (χ3v) is 5.58. The van der Waals surface area contributed by atoms with Crippen molar-refractivity contribution in [2.24, 2.45) is 0 Å². The van der Waals surface area contributed by atoms with Crippen LogP contribution in [0, 0.1) is 0 Å². The van der Waals surface area contributed by atoms with Crippen LogP contribution in [0.2, 0.25) is 0 Å². The van der Waals surface area contributed by atoms with Gasteiger partial charge in [-0.05, 0) is 17.7 Å². The van der Waals surface area contributed by atoms with E-state index in [1.165, 1.54) is 20.4 Å². The maximum Gasteiger partial charge on any atom is 0.410 e. The number of carbonyl (C=O) groups is 1. The summed E-state index contributed by atoms with van der Waals surface area (Å²) in [6.07, 6.45) is -3.61. The van der Waals surface area contributed by atoms with Crippen LogP contribution in [0.4, 0.5) is 19.0 Å². The third kappa shape index (κ3) is 4.01. The van der Waals surface area contributed by atoms with Crippen molar-refractivity contribution in [2.45, 2.75) is 24.7 Å². The summed E-state index contributed by atoms with van der Waals surface area (Å²) in [6.45, 7) is 1.54. The molecule has 1 amide bonds. The Bertz CT molecular complexity index is 956. The molecule has 2 aliphatic heterocycles. The standard InChI is InChI=1S/C20H23F3N4O4/c1-29-15-4-3-12(9-16(15)30-2)14-10-17(20(21,22)23)27-18(25-14)13(11-24-27)19(28)26-5-7-31-8-6-26/h3-4,9,11,14,17,25H,5-8,10H2,1-2H3. The van der Waals surface area contributed by atoms with Crippen molar-refractivity contribution in [2.75, 3.05) is 45.8 Å². The first-order chi connectivity index (χ1) is 14.8. The fourth-order valence-corrected chi connectivity index (χ4v) is 3.94. The molecule has 8 nitrogen and oxygen atoms in total. The van der Waals surface area contributed by atoms with Gasteiger partial charge in [0.15, 0.2) is 17.5 Å². The second-order valence-corrected chi connectivity index (χ2v) is 7.36. The number of methoxy groups -OCH3 is 2. The molecule has 4 rings (SSSR count). The van der Waals surface area contributed by atoms with Crippen LogP contribution in [0.25, 0.3) is 0 Å². The normalized spacial score (nSPS) is 21.3. The number of hydrogen-bond acceptors (Lipinski definition) is 6. The second kappa shape index (κ2) is 8.29. The smallest absolute Gasteiger partial charge is 0.410 e. The lowest BCUT2D eigenvalue weighted by molar-refractivity contribution is -0.173. The van der Waals surface area contributed by atoms with Crippen LogP contribution in [0.5, 0.6) is 11.5 Å². The van der Waals surface area contributed by atoms with Gasteiger partial charge in [0.25, 0.3) is 5.91 Å². The quantitative estimate of drug-likeness (QED) is 0.788. The Kier molecular flexibility index (Phi) is 5.69. The fraction of sp³-hybridized carbons (Fsp3) is 0.500. The molecule has 2 atom stereocenters. The van der Waals surface area contributed by atoms with Crippen molar-refractivity contribution < 1.29 is 32.2 Å². The molecule has 31 heavy (non-hydrogen) atoms. The van der Waals surface area contributed by atoms with Crippen LogP contribution in [0.1, 0.15) is 34.4 Å². The number of ether oxygens (including phenoxy) is 3. The van der Waals surface area contributed by atoms with Crippen molar-refractivity contribution in [3.05, 3.63) is 35.5 Å². The molecule has 1 fully saturated rings. The Balaban J connectivity index is 1.71. The first-order valence-corrected chi connectivity index (χ1v) is 9.83. The van der Waals surface area contributed by atoms with Crippen LogP contribution in [-0.2, 0) is 4.74 Å². The molecule has 3 heterocycles. The molecule has 0 bridgehead atoms. The number of benzene rings is 1. The summed E-state index contributed by atoms with van der Waals surface area (Å²) in [7, 11) is 2.95. The van der Waals surface area contributed by atoms with Gasteiger partial charge in [0.2, 0.25) is 0 Å². The van der Waals surface area contributed by atoms with Crippen LogP contribution in [-0.4, -0.2) is 67.3 Å². The van der Waals surface area contributed by atoms with Gasteiger partial charge in [-0.15, -0.1) is 0 Å². The number of anilines is 1. The Morgan fingerprint density at radius 3 is 2.55 bits per heavy atom. The zero-order chi connectivity index (χ0) is 22.2. The van der Waals surface area contributed by atoms with Crippen LogP contribution < -0.4 is 14.8 Å². The molecule has 1 aromatic carbocycles. The largest absolute Gasteiger partial charge is 0.493 e. The van der Waals surface area contributed by atoms with E-state index in [0.717, 1.165) is 4.68 Å². The van der Waals surface area contributed by atoms with Gasteiger partial charge in [0.05, 0.1) is 39.7 Å². The minimum Gasteiger partial charge on any atom is -0.493 e. The molecule has 1 aromatic heterocycles. The van der Waals surface area contributed by atoms with Gasteiger partial charge in [-0.3, -0.25) is 4.79 Å². The first kappa shape index (κ1) is 21.3. The highest BCUT2D eigenvalue weighted by Crippen LogP contribution is 2.45. The van der Waals surface area contributed by atoms with Crippen molar-refractivity contribution in [1.29, 1.82) is 0 Å². The van der Waals surface area contributed by atoms with Crippen molar-refractivity contribution in [3.63, 3.8) is 0 Å². The molecule has 0 spiro atoms. The lowest BCUT2D eigenvalue weighted by Crippen LogP contribution is -2.41. The van der Waals surface area contributed by atoms with Crippen LogP contribution >= 0.6 is 0 Å². The number of fused-ring (bicyclic) bond motifs is 1. The van der Waals surface area contributed by atoms with Crippen LogP contribution in [0.3, 0.4) is 0 Å². The number of nitrogens with zero attached hydrogens (tertiary/aromatic N) is 3. The first-order valence-electron chi connectivity index (χ1n) is 9.83. The second-order valence-electron chi connectivity index (χ2n) is 7.36. The number of halogens is 3. The highest BCUT2D eigenvalue weighted by atomic mass is 19.4. The third-order valence-electron chi connectivity index (χ3n) is 5.58. The molecule has 0 aliphatic carbocycles. The SMILES string of the molecule is COc1ccc(C2CC(C(F)(F)F)n3ncc(C(=O)N4CCOCC4)c3N2)cc1OC. The summed E-state index contributed by atoms with van der Waals surface area (Å²) in [6, 6.07) is 2.39. The average molecular weight is 440 g/mol. The van der Waals surface area contributed by atoms with E-state index in [0.29, 0.717) is 43.4 Å². The Hall–Kier alpha value is -2.95. The molecule has 1 N–H and O–H groups in total. The molecule has 2 unspecified atom stereocenters.